The smallest absolute Gasteiger partial charge is 0.321 e. The zero-order valence-corrected chi connectivity index (χ0v) is 9.08. The summed E-state index contributed by atoms with van der Waals surface area (Å²) >= 11 is 0. The Morgan fingerprint density at radius 3 is 2.00 bits per heavy atom. The van der Waals surface area contributed by atoms with Gasteiger partial charge in [0.05, 0.1) is 0 Å². The normalized spacial score (nSPS) is 15.8. The summed E-state index contributed by atoms with van der Waals surface area (Å²) in [6.45, 7) is 9.64. The Morgan fingerprint density at radius 2 is 1.77 bits per heavy atom. The van der Waals surface area contributed by atoms with Crippen molar-refractivity contribution < 1.29 is 9.90 Å². The highest BCUT2D eigenvalue weighted by atomic mass is 16.4. The molecule has 0 heterocycles. The monoisotopic (exact) mass is 187 g/mol. The number of likely N-dealkylation sites (N-methyl/N-ethyl adjacent to an activating group) is 1. The van der Waals surface area contributed by atoms with Gasteiger partial charge in [0.2, 0.25) is 0 Å². The van der Waals surface area contributed by atoms with Crippen molar-refractivity contribution in [3.63, 3.8) is 0 Å². The molecule has 0 radical (unpaired) electrons. The first-order valence-corrected chi connectivity index (χ1v) is 5.05. The van der Waals surface area contributed by atoms with Crippen molar-refractivity contribution in [2.75, 3.05) is 13.1 Å². The fraction of sp³-hybridized carbons (Fsp3) is 0.900. The van der Waals surface area contributed by atoms with Gasteiger partial charge in [-0.05, 0) is 19.0 Å². The molecular weight excluding hydrogens is 166 g/mol. The lowest BCUT2D eigenvalue weighted by Crippen LogP contribution is -2.45. The van der Waals surface area contributed by atoms with E-state index in [-0.39, 0.29) is 12.0 Å². The van der Waals surface area contributed by atoms with Gasteiger partial charge in [-0.3, -0.25) is 9.69 Å². The molecule has 0 aliphatic rings. The first-order valence-electron chi connectivity index (χ1n) is 5.05. The van der Waals surface area contributed by atoms with E-state index >= 15 is 0 Å². The first-order chi connectivity index (χ1) is 6.08. The van der Waals surface area contributed by atoms with Crippen LogP contribution in [0.5, 0.6) is 0 Å². The maximum absolute atomic E-state index is 11.0. The van der Waals surface area contributed by atoms with Crippen LogP contribution >= 0.6 is 0 Å². The van der Waals surface area contributed by atoms with Crippen molar-refractivity contribution in [1.29, 1.82) is 0 Å². The summed E-state index contributed by atoms with van der Waals surface area (Å²) in [7, 11) is 0. The van der Waals surface area contributed by atoms with E-state index in [9.17, 15) is 4.79 Å². The molecule has 0 rings (SSSR count). The maximum atomic E-state index is 11.0. The van der Waals surface area contributed by atoms with Crippen LogP contribution in [0.3, 0.4) is 0 Å². The third-order valence-corrected chi connectivity index (χ3v) is 2.64. The fourth-order valence-electron chi connectivity index (χ4n) is 1.60. The molecule has 0 saturated carbocycles. The molecule has 0 aliphatic heterocycles. The molecule has 0 aromatic carbocycles. The lowest BCUT2D eigenvalue weighted by Gasteiger charge is -2.30. The maximum Gasteiger partial charge on any atom is 0.321 e. The number of rotatable bonds is 6. The fourth-order valence-corrected chi connectivity index (χ4v) is 1.60. The minimum Gasteiger partial charge on any atom is -0.480 e. The molecule has 13 heavy (non-hydrogen) atoms. The van der Waals surface area contributed by atoms with Crippen LogP contribution in [0.25, 0.3) is 0 Å². The number of aliphatic carboxylic acids is 1. The highest BCUT2D eigenvalue weighted by Gasteiger charge is 2.27. The van der Waals surface area contributed by atoms with Gasteiger partial charge in [0.15, 0.2) is 0 Å². The minimum atomic E-state index is -0.696. The molecule has 0 aromatic heterocycles. The Hall–Kier alpha value is -0.570. The molecule has 0 aliphatic carbocycles. The van der Waals surface area contributed by atoms with Crippen molar-refractivity contribution in [3.05, 3.63) is 0 Å². The summed E-state index contributed by atoms with van der Waals surface area (Å²) in [5.74, 6) is -0.476. The molecule has 3 heteroatoms. The second-order valence-electron chi connectivity index (χ2n) is 3.39. The van der Waals surface area contributed by atoms with E-state index in [2.05, 4.69) is 0 Å². The standard InChI is InChI=1S/C10H21NO2/c1-5-8(4)9(10(12)13)11(6-2)7-3/h8-9H,5-7H2,1-4H3,(H,12,13)/t8-,9-/m0/s1. The topological polar surface area (TPSA) is 40.5 Å². The van der Waals surface area contributed by atoms with Crippen LogP contribution in [-0.2, 0) is 4.79 Å². The summed E-state index contributed by atoms with van der Waals surface area (Å²) in [5, 5.41) is 9.07. The second-order valence-corrected chi connectivity index (χ2v) is 3.39. The lowest BCUT2D eigenvalue weighted by molar-refractivity contribution is -0.145. The van der Waals surface area contributed by atoms with E-state index in [1.165, 1.54) is 0 Å². The van der Waals surface area contributed by atoms with Gasteiger partial charge < -0.3 is 5.11 Å². The van der Waals surface area contributed by atoms with Gasteiger partial charge in [0.25, 0.3) is 0 Å². The average molecular weight is 187 g/mol. The lowest BCUT2D eigenvalue weighted by atomic mass is 9.98. The van der Waals surface area contributed by atoms with Crippen molar-refractivity contribution in [1.82, 2.24) is 4.90 Å². The molecule has 2 atom stereocenters. The van der Waals surface area contributed by atoms with E-state index in [1.807, 2.05) is 32.6 Å². The SMILES string of the molecule is CC[C@H](C)[C@@H](C(=O)O)N(CC)CC. The molecule has 0 spiro atoms. The summed E-state index contributed by atoms with van der Waals surface area (Å²) in [6.07, 6.45) is 0.910. The number of carboxylic acid groups (broad SMARTS) is 1. The van der Waals surface area contributed by atoms with Crippen LogP contribution in [0.1, 0.15) is 34.1 Å². The van der Waals surface area contributed by atoms with Crippen molar-refractivity contribution >= 4 is 5.97 Å². The highest BCUT2D eigenvalue weighted by Crippen LogP contribution is 2.14. The van der Waals surface area contributed by atoms with Crippen molar-refractivity contribution in [2.45, 2.75) is 40.2 Å². The number of hydrogen-bond acceptors (Lipinski definition) is 2. The van der Waals surface area contributed by atoms with Crippen molar-refractivity contribution in [3.8, 4) is 0 Å². The summed E-state index contributed by atoms with van der Waals surface area (Å²) in [6, 6.07) is -0.319. The molecule has 1 N–H and O–H groups in total. The van der Waals surface area contributed by atoms with Gasteiger partial charge >= 0.3 is 5.97 Å². The predicted octanol–water partition coefficient (Wildman–Crippen LogP) is 1.83. The Bertz CT molecular complexity index is 155. The molecule has 78 valence electrons. The predicted molar refractivity (Wildman–Crippen MR) is 53.8 cm³/mol. The minimum absolute atomic E-state index is 0.220. The molecule has 0 saturated heterocycles. The Kier molecular flexibility index (Phi) is 5.71. The van der Waals surface area contributed by atoms with Gasteiger partial charge in [0, 0.05) is 0 Å². The molecule has 0 bridgehead atoms. The van der Waals surface area contributed by atoms with E-state index in [4.69, 9.17) is 5.11 Å². The number of carbonyl (C=O) groups is 1. The Morgan fingerprint density at radius 1 is 1.31 bits per heavy atom. The largest absolute Gasteiger partial charge is 0.480 e. The molecule has 3 nitrogen and oxygen atoms in total. The van der Waals surface area contributed by atoms with Gasteiger partial charge in [-0.2, -0.15) is 0 Å². The van der Waals surface area contributed by atoms with E-state index in [0.717, 1.165) is 19.5 Å². The number of carboxylic acids is 1. The van der Waals surface area contributed by atoms with Crippen LogP contribution in [0, 0.1) is 5.92 Å². The van der Waals surface area contributed by atoms with E-state index in [0.29, 0.717) is 0 Å². The summed E-state index contributed by atoms with van der Waals surface area (Å²) in [5.41, 5.74) is 0. The second kappa shape index (κ2) is 5.97. The quantitative estimate of drug-likeness (QED) is 0.689. The van der Waals surface area contributed by atoms with Crippen LogP contribution < -0.4 is 0 Å². The third kappa shape index (κ3) is 3.35. The summed E-state index contributed by atoms with van der Waals surface area (Å²) in [4.78, 5) is 13.0. The van der Waals surface area contributed by atoms with Gasteiger partial charge in [-0.25, -0.2) is 0 Å². The number of hydrogen-bond donors (Lipinski definition) is 1. The molecule has 0 amide bonds. The van der Waals surface area contributed by atoms with Crippen molar-refractivity contribution in [2.24, 2.45) is 5.92 Å². The molecular formula is C10H21NO2. The molecule has 0 aromatic rings. The number of nitrogens with zero attached hydrogens (tertiary/aromatic N) is 1. The van der Waals surface area contributed by atoms with Crippen LogP contribution in [0.2, 0.25) is 0 Å². The highest BCUT2D eigenvalue weighted by molar-refractivity contribution is 5.73. The molecule has 0 fully saturated rings. The average Bonchev–Trinajstić information content (AvgIpc) is 2.12. The molecule has 0 unspecified atom stereocenters. The zero-order valence-electron chi connectivity index (χ0n) is 9.08. The third-order valence-electron chi connectivity index (χ3n) is 2.64. The van der Waals surface area contributed by atoms with Crippen LogP contribution in [0.4, 0.5) is 0 Å². The summed E-state index contributed by atoms with van der Waals surface area (Å²) < 4.78 is 0. The Labute approximate surface area is 80.7 Å². The Balaban J connectivity index is 4.47. The van der Waals surface area contributed by atoms with E-state index < -0.39 is 5.97 Å². The van der Waals surface area contributed by atoms with Gasteiger partial charge in [-0.1, -0.05) is 34.1 Å². The van der Waals surface area contributed by atoms with Gasteiger partial charge in [0.1, 0.15) is 6.04 Å². The van der Waals surface area contributed by atoms with Crippen LogP contribution in [0.15, 0.2) is 0 Å². The zero-order chi connectivity index (χ0) is 10.4. The first kappa shape index (κ1) is 12.4. The van der Waals surface area contributed by atoms with Crippen LogP contribution in [-0.4, -0.2) is 35.1 Å². The van der Waals surface area contributed by atoms with Gasteiger partial charge in [-0.15, -0.1) is 0 Å². The van der Waals surface area contributed by atoms with E-state index in [1.54, 1.807) is 0 Å².